The fourth-order valence-corrected chi connectivity index (χ4v) is 3.14. The van der Waals surface area contributed by atoms with Gasteiger partial charge in [0.2, 0.25) is 0 Å². The van der Waals surface area contributed by atoms with Gasteiger partial charge in [-0.1, -0.05) is 70.4 Å². The van der Waals surface area contributed by atoms with Crippen LogP contribution in [0, 0.1) is 0 Å². The van der Waals surface area contributed by atoms with E-state index in [1.54, 1.807) is 0 Å². The molecular weight excluding hydrogens is 320 g/mol. The number of allylic oxidation sites excluding steroid dienone is 1. The van der Waals surface area contributed by atoms with E-state index in [1.807, 2.05) is 6.08 Å². The molecule has 0 aliphatic carbocycles. The molecule has 5 heteroatoms. The Balaban J connectivity index is 1.94. The van der Waals surface area contributed by atoms with Crippen LogP contribution in [-0.4, -0.2) is 59.6 Å². The summed E-state index contributed by atoms with van der Waals surface area (Å²) in [7, 11) is 0. The lowest BCUT2D eigenvalue weighted by Gasteiger charge is -2.20. The van der Waals surface area contributed by atoms with Crippen LogP contribution in [0.3, 0.4) is 0 Å². The number of aliphatic hydroxyl groups excluding tert-OH is 3. The first-order valence-electron chi connectivity index (χ1n) is 10.1. The van der Waals surface area contributed by atoms with Gasteiger partial charge in [-0.15, -0.1) is 0 Å². The Kier molecular flexibility index (Phi) is 13.3. The fourth-order valence-electron chi connectivity index (χ4n) is 3.14. The third-order valence-electron chi connectivity index (χ3n) is 4.78. The molecule has 0 saturated carbocycles. The third kappa shape index (κ3) is 9.71. The second-order valence-electron chi connectivity index (χ2n) is 7.00. The van der Waals surface area contributed by atoms with E-state index in [1.165, 1.54) is 57.8 Å². The van der Waals surface area contributed by atoms with Gasteiger partial charge in [0.05, 0.1) is 19.8 Å². The van der Waals surface area contributed by atoms with Crippen LogP contribution in [-0.2, 0) is 9.47 Å². The standard InChI is InChI=1S/C20H38O5/c1-2-3-4-5-6-7-8-9-10-11-12-13-14-24-18-16-25-20(19(18)23)17(22)15-21/h12-13,17-23H,2-11,14-16H2,1H3/b13-12+/t17-,18+,19-,20-/m1/s1. The van der Waals surface area contributed by atoms with Gasteiger partial charge in [-0.05, 0) is 12.8 Å². The van der Waals surface area contributed by atoms with E-state index in [0.717, 1.165) is 6.42 Å². The van der Waals surface area contributed by atoms with Crippen molar-refractivity contribution in [3.05, 3.63) is 12.2 Å². The van der Waals surface area contributed by atoms with Gasteiger partial charge in [0.1, 0.15) is 24.4 Å². The topological polar surface area (TPSA) is 79.2 Å². The molecule has 1 saturated heterocycles. The highest BCUT2D eigenvalue weighted by molar-refractivity contribution is 4.90. The highest BCUT2D eigenvalue weighted by Crippen LogP contribution is 2.20. The molecule has 0 amide bonds. The first-order valence-corrected chi connectivity index (χ1v) is 10.1. The molecule has 5 nitrogen and oxygen atoms in total. The lowest BCUT2D eigenvalue weighted by atomic mass is 10.1. The van der Waals surface area contributed by atoms with Crippen molar-refractivity contribution in [1.82, 2.24) is 0 Å². The van der Waals surface area contributed by atoms with Crippen molar-refractivity contribution < 1.29 is 24.8 Å². The Morgan fingerprint density at radius 1 is 1.04 bits per heavy atom. The van der Waals surface area contributed by atoms with E-state index in [0.29, 0.717) is 6.61 Å². The van der Waals surface area contributed by atoms with Crippen molar-refractivity contribution in [3.8, 4) is 0 Å². The molecule has 1 aliphatic heterocycles. The Bertz CT molecular complexity index is 334. The molecule has 0 bridgehead atoms. The Morgan fingerprint density at radius 2 is 1.68 bits per heavy atom. The normalized spacial score (nSPS) is 25.0. The number of ether oxygens (including phenoxy) is 2. The van der Waals surface area contributed by atoms with Crippen LogP contribution in [0.15, 0.2) is 12.2 Å². The van der Waals surface area contributed by atoms with Gasteiger partial charge in [-0.3, -0.25) is 0 Å². The van der Waals surface area contributed by atoms with Crippen molar-refractivity contribution in [2.45, 2.75) is 95.5 Å². The zero-order chi connectivity index (χ0) is 18.3. The average molecular weight is 359 g/mol. The highest BCUT2D eigenvalue weighted by atomic mass is 16.6. The van der Waals surface area contributed by atoms with Gasteiger partial charge in [0.25, 0.3) is 0 Å². The minimum Gasteiger partial charge on any atom is -0.394 e. The number of hydrogen-bond donors (Lipinski definition) is 3. The molecule has 0 unspecified atom stereocenters. The molecule has 0 aromatic heterocycles. The number of aliphatic hydroxyl groups is 3. The van der Waals surface area contributed by atoms with E-state index < -0.39 is 31.0 Å². The van der Waals surface area contributed by atoms with Crippen LogP contribution in [0.4, 0.5) is 0 Å². The number of rotatable bonds is 15. The van der Waals surface area contributed by atoms with E-state index in [9.17, 15) is 10.2 Å². The van der Waals surface area contributed by atoms with E-state index >= 15 is 0 Å². The molecule has 0 aromatic carbocycles. The van der Waals surface area contributed by atoms with Crippen LogP contribution in [0.1, 0.15) is 71.1 Å². The van der Waals surface area contributed by atoms with Gasteiger partial charge in [-0.25, -0.2) is 0 Å². The maximum atomic E-state index is 10.00. The van der Waals surface area contributed by atoms with Gasteiger partial charge in [-0.2, -0.15) is 0 Å². The van der Waals surface area contributed by atoms with Crippen molar-refractivity contribution in [2.75, 3.05) is 19.8 Å². The summed E-state index contributed by atoms with van der Waals surface area (Å²) in [6.45, 7) is 2.51. The Morgan fingerprint density at radius 3 is 2.32 bits per heavy atom. The Labute approximate surface area is 153 Å². The summed E-state index contributed by atoms with van der Waals surface area (Å²) in [5.74, 6) is 0. The highest BCUT2D eigenvalue weighted by Gasteiger charge is 2.40. The van der Waals surface area contributed by atoms with E-state index in [4.69, 9.17) is 14.6 Å². The second kappa shape index (κ2) is 14.7. The zero-order valence-electron chi connectivity index (χ0n) is 15.8. The first-order chi connectivity index (χ1) is 12.2. The number of hydrogen-bond acceptors (Lipinski definition) is 5. The predicted molar refractivity (Wildman–Crippen MR) is 99.6 cm³/mol. The minimum absolute atomic E-state index is 0.245. The Hall–Kier alpha value is -0.460. The molecule has 1 fully saturated rings. The molecule has 0 spiro atoms. The summed E-state index contributed by atoms with van der Waals surface area (Å²) >= 11 is 0. The molecule has 0 radical (unpaired) electrons. The van der Waals surface area contributed by atoms with E-state index in [2.05, 4.69) is 13.0 Å². The largest absolute Gasteiger partial charge is 0.394 e. The van der Waals surface area contributed by atoms with Gasteiger partial charge in [0.15, 0.2) is 0 Å². The summed E-state index contributed by atoms with van der Waals surface area (Å²) in [6, 6.07) is 0. The van der Waals surface area contributed by atoms with Crippen LogP contribution >= 0.6 is 0 Å². The van der Waals surface area contributed by atoms with Crippen LogP contribution in [0.5, 0.6) is 0 Å². The predicted octanol–water partition coefficient (Wildman–Crippen LogP) is 2.96. The average Bonchev–Trinajstić information content (AvgIpc) is 2.99. The monoisotopic (exact) mass is 358 g/mol. The number of unbranched alkanes of at least 4 members (excludes halogenated alkanes) is 9. The van der Waals surface area contributed by atoms with Crippen LogP contribution in [0.2, 0.25) is 0 Å². The fraction of sp³-hybridized carbons (Fsp3) is 0.900. The maximum Gasteiger partial charge on any atom is 0.114 e. The summed E-state index contributed by atoms with van der Waals surface area (Å²) in [5.41, 5.74) is 0. The second-order valence-corrected chi connectivity index (χ2v) is 7.00. The smallest absolute Gasteiger partial charge is 0.114 e. The molecule has 1 heterocycles. The quantitative estimate of drug-likeness (QED) is 0.310. The molecule has 3 N–H and O–H groups in total. The molecule has 4 atom stereocenters. The van der Waals surface area contributed by atoms with Gasteiger partial charge < -0.3 is 24.8 Å². The van der Waals surface area contributed by atoms with Gasteiger partial charge >= 0.3 is 0 Å². The van der Waals surface area contributed by atoms with Crippen molar-refractivity contribution >= 4 is 0 Å². The van der Waals surface area contributed by atoms with Crippen molar-refractivity contribution in [3.63, 3.8) is 0 Å². The van der Waals surface area contributed by atoms with Crippen molar-refractivity contribution in [1.29, 1.82) is 0 Å². The summed E-state index contributed by atoms with van der Waals surface area (Å²) in [6.07, 6.45) is 14.0. The van der Waals surface area contributed by atoms with Gasteiger partial charge in [0, 0.05) is 0 Å². The molecule has 0 aromatic rings. The summed E-state index contributed by atoms with van der Waals surface area (Å²) in [4.78, 5) is 0. The molecule has 25 heavy (non-hydrogen) atoms. The third-order valence-corrected chi connectivity index (χ3v) is 4.78. The van der Waals surface area contributed by atoms with Crippen molar-refractivity contribution in [2.24, 2.45) is 0 Å². The molecular formula is C20H38O5. The molecule has 1 aliphatic rings. The zero-order valence-corrected chi connectivity index (χ0v) is 15.8. The van der Waals surface area contributed by atoms with Crippen LogP contribution < -0.4 is 0 Å². The lowest BCUT2D eigenvalue weighted by Crippen LogP contribution is -2.41. The molecule has 1 rings (SSSR count). The summed E-state index contributed by atoms with van der Waals surface area (Å²) < 4.78 is 10.9. The SMILES string of the molecule is CCCCCCCCCCC/C=C/CO[C@H]1CO[C@H]([C@H](O)CO)[C@@H]1O. The van der Waals surface area contributed by atoms with E-state index in [-0.39, 0.29) is 6.61 Å². The first kappa shape index (κ1) is 22.6. The molecule has 148 valence electrons. The summed E-state index contributed by atoms with van der Waals surface area (Å²) in [5, 5.41) is 28.4. The minimum atomic E-state index is -1.06. The maximum absolute atomic E-state index is 10.00. The lowest BCUT2D eigenvalue weighted by molar-refractivity contribution is -0.0716. The van der Waals surface area contributed by atoms with Crippen LogP contribution in [0.25, 0.3) is 0 Å².